The molecular weight excluding hydrogens is 665 g/mol. The quantitative estimate of drug-likeness (QED) is 0.179. The minimum atomic E-state index is 0.564. The minimum Gasteiger partial charge on any atom is -0.456 e. The van der Waals surface area contributed by atoms with Crippen molar-refractivity contribution in [1.82, 2.24) is 29.3 Å². The Kier molecular flexibility index (Phi) is 6.72. The molecule has 0 saturated carbocycles. The molecule has 0 unspecified atom stereocenters. The van der Waals surface area contributed by atoms with Gasteiger partial charge in [0.2, 0.25) is 0 Å². The Morgan fingerprint density at radius 3 is 1.91 bits per heavy atom. The molecular formula is C47H28N6O. The fraction of sp³-hybridized carbons (Fsp3) is 0. The number of hydrogen-bond acceptors (Lipinski definition) is 6. The standard InChI is InChI=1S/C47H28N6O/c1-3-13-29(14-4-1)31-17-11-18-32(27-31)44-50-43(30-15-5-2-6-16-30)51-45(52-44)35-20-12-24-41-42(35)36-28-33(25-26-40(36)54-41)46-48-37-21-8-7-19-34(37)47-49-38-22-9-10-23-39(38)53(46)47/h1-28H. The highest BCUT2D eigenvalue weighted by Crippen LogP contribution is 2.39. The van der Waals surface area contributed by atoms with E-state index in [1.165, 1.54) is 0 Å². The van der Waals surface area contributed by atoms with Gasteiger partial charge in [0, 0.05) is 38.4 Å². The highest BCUT2D eigenvalue weighted by molar-refractivity contribution is 6.13. The Labute approximate surface area is 308 Å². The summed E-state index contributed by atoms with van der Waals surface area (Å²) in [6.07, 6.45) is 0. The van der Waals surface area contributed by atoms with Gasteiger partial charge in [0.15, 0.2) is 17.5 Å². The number of imidazole rings is 1. The van der Waals surface area contributed by atoms with E-state index in [0.717, 1.165) is 88.7 Å². The molecule has 7 aromatic carbocycles. The molecule has 0 N–H and O–H groups in total. The molecule has 0 radical (unpaired) electrons. The predicted molar refractivity (Wildman–Crippen MR) is 216 cm³/mol. The van der Waals surface area contributed by atoms with Crippen LogP contribution in [0.5, 0.6) is 0 Å². The summed E-state index contributed by atoms with van der Waals surface area (Å²) in [7, 11) is 0. The first-order chi connectivity index (χ1) is 26.7. The zero-order valence-corrected chi connectivity index (χ0v) is 28.8. The van der Waals surface area contributed by atoms with Crippen molar-refractivity contribution >= 4 is 49.5 Å². The van der Waals surface area contributed by atoms with Crippen molar-refractivity contribution < 1.29 is 4.42 Å². The van der Waals surface area contributed by atoms with E-state index in [4.69, 9.17) is 29.3 Å². The van der Waals surface area contributed by atoms with Gasteiger partial charge < -0.3 is 4.42 Å². The zero-order chi connectivity index (χ0) is 35.6. The van der Waals surface area contributed by atoms with Gasteiger partial charge >= 0.3 is 0 Å². The molecule has 0 aliphatic rings. The lowest BCUT2D eigenvalue weighted by molar-refractivity contribution is 0.669. The second-order valence-electron chi connectivity index (χ2n) is 13.3. The van der Waals surface area contributed by atoms with Crippen LogP contribution in [-0.2, 0) is 0 Å². The monoisotopic (exact) mass is 692 g/mol. The van der Waals surface area contributed by atoms with Crippen LogP contribution >= 0.6 is 0 Å². The van der Waals surface area contributed by atoms with Crippen molar-refractivity contribution in [1.29, 1.82) is 0 Å². The first kappa shape index (κ1) is 30.1. The lowest BCUT2D eigenvalue weighted by Crippen LogP contribution is -2.00. The number of hydrogen-bond donors (Lipinski definition) is 0. The van der Waals surface area contributed by atoms with Crippen molar-refractivity contribution in [2.24, 2.45) is 0 Å². The van der Waals surface area contributed by atoms with Gasteiger partial charge in [-0.2, -0.15) is 0 Å². The average molecular weight is 693 g/mol. The number of benzene rings is 7. The molecule has 0 atom stereocenters. The maximum absolute atomic E-state index is 6.50. The van der Waals surface area contributed by atoms with E-state index < -0.39 is 0 Å². The third-order valence-corrected chi connectivity index (χ3v) is 10.0. The summed E-state index contributed by atoms with van der Waals surface area (Å²) in [6, 6.07) is 57.5. The van der Waals surface area contributed by atoms with Crippen LogP contribution in [-0.4, -0.2) is 29.3 Å². The molecule has 0 fully saturated rings. The van der Waals surface area contributed by atoms with E-state index in [1.807, 2.05) is 103 Å². The molecule has 0 spiro atoms. The van der Waals surface area contributed by atoms with Gasteiger partial charge in [0.05, 0.1) is 16.6 Å². The summed E-state index contributed by atoms with van der Waals surface area (Å²) in [4.78, 5) is 25.6. The Bertz CT molecular complexity index is 3220. The normalized spacial score (nSPS) is 11.7. The summed E-state index contributed by atoms with van der Waals surface area (Å²) < 4.78 is 8.66. The van der Waals surface area contributed by atoms with Gasteiger partial charge in [-0.3, -0.25) is 4.40 Å². The summed E-state index contributed by atoms with van der Waals surface area (Å²) in [5.74, 6) is 2.56. The van der Waals surface area contributed by atoms with E-state index in [-0.39, 0.29) is 0 Å². The molecule has 0 aliphatic carbocycles. The van der Waals surface area contributed by atoms with Crippen LogP contribution in [0.25, 0.3) is 106 Å². The van der Waals surface area contributed by atoms with E-state index in [2.05, 4.69) is 71.1 Å². The summed E-state index contributed by atoms with van der Waals surface area (Å²) >= 11 is 0. The largest absolute Gasteiger partial charge is 0.456 e. The van der Waals surface area contributed by atoms with E-state index in [9.17, 15) is 0 Å². The predicted octanol–water partition coefficient (Wildman–Crippen LogP) is 11.5. The molecule has 0 aliphatic heterocycles. The van der Waals surface area contributed by atoms with E-state index >= 15 is 0 Å². The van der Waals surface area contributed by atoms with Gasteiger partial charge in [-0.25, -0.2) is 24.9 Å². The third-order valence-electron chi connectivity index (χ3n) is 10.0. The molecule has 7 heteroatoms. The van der Waals surface area contributed by atoms with Crippen LogP contribution in [0.2, 0.25) is 0 Å². The lowest BCUT2D eigenvalue weighted by atomic mass is 10.0. The first-order valence-corrected chi connectivity index (χ1v) is 17.8. The Morgan fingerprint density at radius 2 is 1.06 bits per heavy atom. The third kappa shape index (κ3) is 4.87. The van der Waals surface area contributed by atoms with Crippen LogP contribution in [0.1, 0.15) is 0 Å². The van der Waals surface area contributed by atoms with Crippen molar-refractivity contribution in [3.05, 3.63) is 170 Å². The van der Waals surface area contributed by atoms with Crippen LogP contribution in [0.4, 0.5) is 0 Å². The van der Waals surface area contributed by atoms with E-state index in [0.29, 0.717) is 17.5 Å². The topological polar surface area (TPSA) is 82.0 Å². The van der Waals surface area contributed by atoms with Gasteiger partial charge in [0.25, 0.3) is 0 Å². The number of aromatic nitrogens is 6. The number of rotatable bonds is 5. The Morgan fingerprint density at radius 1 is 0.389 bits per heavy atom. The molecule has 0 bridgehead atoms. The number of para-hydroxylation sites is 3. The van der Waals surface area contributed by atoms with Crippen LogP contribution < -0.4 is 0 Å². The molecule has 252 valence electrons. The van der Waals surface area contributed by atoms with Crippen LogP contribution in [0.15, 0.2) is 174 Å². The van der Waals surface area contributed by atoms with Gasteiger partial charge in [-0.1, -0.05) is 115 Å². The maximum Gasteiger partial charge on any atom is 0.164 e. The number of fused-ring (bicyclic) bond motifs is 8. The smallest absolute Gasteiger partial charge is 0.164 e. The SMILES string of the molecule is c1ccc(-c2cccc(-c3nc(-c4ccccc4)nc(-c4cccc5oc6ccc(-c7nc8ccccc8c8nc9ccccc9n78)cc6c45)n3)c2)cc1. The number of nitrogens with zero attached hydrogens (tertiary/aromatic N) is 6. The summed E-state index contributed by atoms with van der Waals surface area (Å²) in [5, 5.41) is 2.87. The van der Waals surface area contributed by atoms with Crippen LogP contribution in [0, 0.1) is 0 Å². The lowest BCUT2D eigenvalue weighted by Gasteiger charge is -2.11. The van der Waals surface area contributed by atoms with Crippen molar-refractivity contribution in [3.63, 3.8) is 0 Å². The van der Waals surface area contributed by atoms with Crippen molar-refractivity contribution in [3.8, 4) is 56.7 Å². The molecule has 54 heavy (non-hydrogen) atoms. The molecule has 4 heterocycles. The molecule has 11 aromatic rings. The number of furan rings is 1. The molecule has 0 amide bonds. The second kappa shape index (κ2) is 12.0. The fourth-order valence-electron chi connectivity index (χ4n) is 7.50. The van der Waals surface area contributed by atoms with Gasteiger partial charge in [0.1, 0.15) is 22.6 Å². The second-order valence-corrected chi connectivity index (χ2v) is 13.3. The Balaban J connectivity index is 1.14. The van der Waals surface area contributed by atoms with Gasteiger partial charge in [-0.15, -0.1) is 0 Å². The average Bonchev–Trinajstić information content (AvgIpc) is 3.83. The first-order valence-electron chi connectivity index (χ1n) is 17.8. The van der Waals surface area contributed by atoms with Gasteiger partial charge in [-0.05, 0) is 65.7 Å². The minimum absolute atomic E-state index is 0.564. The molecule has 0 saturated heterocycles. The van der Waals surface area contributed by atoms with Crippen molar-refractivity contribution in [2.45, 2.75) is 0 Å². The molecule has 4 aromatic heterocycles. The maximum atomic E-state index is 6.50. The van der Waals surface area contributed by atoms with Crippen molar-refractivity contribution in [2.75, 3.05) is 0 Å². The zero-order valence-electron chi connectivity index (χ0n) is 28.8. The van der Waals surface area contributed by atoms with E-state index in [1.54, 1.807) is 0 Å². The summed E-state index contributed by atoms with van der Waals surface area (Å²) in [6.45, 7) is 0. The fourth-order valence-corrected chi connectivity index (χ4v) is 7.50. The highest BCUT2D eigenvalue weighted by atomic mass is 16.3. The van der Waals surface area contributed by atoms with Crippen LogP contribution in [0.3, 0.4) is 0 Å². The summed E-state index contributed by atoms with van der Waals surface area (Å²) in [5.41, 5.74) is 11.0. The molecule has 7 nitrogen and oxygen atoms in total. The Hall–Kier alpha value is -7.51. The highest BCUT2D eigenvalue weighted by Gasteiger charge is 2.20. The molecule has 11 rings (SSSR count).